The molecule has 0 N–H and O–H groups in total. The molecule has 170 valence electrons. The van der Waals surface area contributed by atoms with Gasteiger partial charge in [-0.1, -0.05) is 48.0 Å². The number of hydrogen-bond donors (Lipinski definition) is 0. The third-order valence-corrected chi connectivity index (χ3v) is 7.38. The monoisotopic (exact) mass is 497 g/mol. The van der Waals surface area contributed by atoms with Crippen LogP contribution in [0, 0.1) is 5.92 Å². The van der Waals surface area contributed by atoms with Gasteiger partial charge in [-0.25, -0.2) is 0 Å². The summed E-state index contributed by atoms with van der Waals surface area (Å²) in [5.41, 5.74) is 3.18. The molecule has 4 heterocycles. The van der Waals surface area contributed by atoms with E-state index in [1.807, 2.05) is 48.5 Å². The second-order valence-corrected chi connectivity index (χ2v) is 9.69. The Bertz CT molecular complexity index is 960. The molecule has 4 nitrogen and oxygen atoms in total. The Morgan fingerprint density at radius 2 is 1.62 bits per heavy atom. The van der Waals surface area contributed by atoms with Gasteiger partial charge < -0.3 is 30.9 Å². The lowest BCUT2D eigenvalue weighted by Gasteiger charge is -2.52. The minimum Gasteiger partial charge on any atom is -1.00 e. The summed E-state index contributed by atoms with van der Waals surface area (Å²) in [5.74, 6) is 1.45. The maximum absolute atomic E-state index is 13.6. The van der Waals surface area contributed by atoms with Gasteiger partial charge in [-0.15, -0.1) is 0 Å². The molecule has 4 aliphatic rings. The molecule has 1 atom stereocenters. The highest BCUT2D eigenvalue weighted by molar-refractivity contribution is 5.85. The Kier molecular flexibility index (Phi) is 6.78. The number of rotatable bonds is 5. The maximum Gasteiger partial charge on any atom is 0.318 e. The molecule has 0 spiro atoms. The van der Waals surface area contributed by atoms with E-state index < -0.39 is 5.92 Å². The van der Waals surface area contributed by atoms with Crippen molar-refractivity contribution in [2.45, 2.75) is 45.1 Å². The maximum atomic E-state index is 13.6. The molecule has 3 fully saturated rings. The first kappa shape index (κ1) is 23.1. The van der Waals surface area contributed by atoms with Gasteiger partial charge in [0, 0.05) is 36.3 Å². The van der Waals surface area contributed by atoms with E-state index in [0.717, 1.165) is 59.5 Å². The van der Waals surface area contributed by atoms with Crippen molar-refractivity contribution in [1.29, 1.82) is 0 Å². The fourth-order valence-electron chi connectivity index (χ4n) is 5.68. The van der Waals surface area contributed by atoms with Gasteiger partial charge in [0.2, 0.25) is 0 Å². The summed E-state index contributed by atoms with van der Waals surface area (Å²) in [5, 5.41) is 0. The number of carbonyl (C=O) groups is 1. The Morgan fingerprint density at radius 3 is 2.22 bits per heavy atom. The average molecular weight is 498 g/mol. The molecule has 3 saturated heterocycles. The molecule has 0 radical (unpaired) electrons. The molecule has 0 unspecified atom stereocenters. The summed E-state index contributed by atoms with van der Waals surface area (Å²) >= 11 is 0. The van der Waals surface area contributed by atoms with Crippen LogP contribution >= 0.6 is 0 Å². The normalized spacial score (nSPS) is 25.6. The summed E-state index contributed by atoms with van der Waals surface area (Å²) in [7, 11) is 0. The summed E-state index contributed by atoms with van der Waals surface area (Å²) in [6.45, 7) is 8.87. The van der Waals surface area contributed by atoms with Crippen LogP contribution in [0.4, 0.5) is 0 Å². The molecule has 2 aromatic rings. The van der Waals surface area contributed by atoms with Gasteiger partial charge in [-0.05, 0) is 26.0 Å². The molecule has 6 rings (SSSR count). The van der Waals surface area contributed by atoms with Crippen molar-refractivity contribution in [3.63, 3.8) is 0 Å². The van der Waals surface area contributed by atoms with Crippen molar-refractivity contribution >= 4 is 5.97 Å². The number of quaternary nitrogens is 1. The predicted molar refractivity (Wildman–Crippen MR) is 121 cm³/mol. The Labute approximate surface area is 201 Å². The summed E-state index contributed by atoms with van der Waals surface area (Å²) in [4.78, 5) is 13.6. The number of allylic oxidation sites excluding steroid dienone is 1. The number of para-hydroxylation sites is 2. The summed E-state index contributed by atoms with van der Waals surface area (Å²) < 4.78 is 13.5. The Hall–Kier alpha value is -2.11. The van der Waals surface area contributed by atoms with Crippen LogP contribution in [0.2, 0.25) is 0 Å². The quantitative estimate of drug-likeness (QED) is 0.361. The topological polar surface area (TPSA) is 35.5 Å². The first-order chi connectivity index (χ1) is 15.0. The van der Waals surface area contributed by atoms with E-state index in [2.05, 4.69) is 19.9 Å². The molecular formula is C27H32BrNO3. The fraction of sp³-hybridized carbons (Fsp3) is 0.444. The van der Waals surface area contributed by atoms with Crippen molar-refractivity contribution in [3.05, 3.63) is 71.3 Å². The van der Waals surface area contributed by atoms with Gasteiger partial charge in [0.1, 0.15) is 24.0 Å². The van der Waals surface area contributed by atoms with Gasteiger partial charge in [-0.2, -0.15) is 0 Å². The number of benzene rings is 2. The second kappa shape index (κ2) is 9.40. The molecular weight excluding hydrogens is 466 g/mol. The fourth-order valence-corrected chi connectivity index (χ4v) is 5.68. The van der Waals surface area contributed by atoms with E-state index in [1.165, 1.54) is 18.7 Å². The summed E-state index contributed by atoms with van der Waals surface area (Å²) in [6.07, 6.45) is 5.78. The van der Waals surface area contributed by atoms with Crippen molar-refractivity contribution < 1.29 is 35.7 Å². The first-order valence-electron chi connectivity index (χ1n) is 11.6. The van der Waals surface area contributed by atoms with E-state index in [1.54, 1.807) is 0 Å². The number of hydrogen-bond acceptors (Lipinski definition) is 3. The molecule has 0 amide bonds. The van der Waals surface area contributed by atoms with Gasteiger partial charge >= 0.3 is 5.97 Å². The van der Waals surface area contributed by atoms with Crippen LogP contribution in [0.15, 0.2) is 60.2 Å². The molecule has 5 heteroatoms. The highest BCUT2D eigenvalue weighted by atomic mass is 79.9. The lowest BCUT2D eigenvalue weighted by Crippen LogP contribution is -3.00. The summed E-state index contributed by atoms with van der Waals surface area (Å²) in [6, 6.07) is 15.7. The number of carbonyl (C=O) groups excluding carboxylic acids is 1. The van der Waals surface area contributed by atoms with Crippen LogP contribution in [0.3, 0.4) is 0 Å². The van der Waals surface area contributed by atoms with Crippen molar-refractivity contribution in [1.82, 2.24) is 0 Å². The van der Waals surface area contributed by atoms with Crippen LogP contribution < -0.4 is 21.7 Å². The van der Waals surface area contributed by atoms with Gasteiger partial charge in [0.25, 0.3) is 0 Å². The highest BCUT2D eigenvalue weighted by Gasteiger charge is 2.48. The number of piperidine rings is 3. The lowest BCUT2D eigenvalue weighted by molar-refractivity contribution is -0.945. The zero-order valence-electron chi connectivity index (χ0n) is 18.9. The largest absolute Gasteiger partial charge is 1.00 e. The number of ether oxygens (including phenoxy) is 2. The second-order valence-electron chi connectivity index (χ2n) is 9.69. The van der Waals surface area contributed by atoms with E-state index in [0.29, 0.717) is 5.92 Å². The predicted octanol–water partition coefficient (Wildman–Crippen LogP) is 2.44. The minimum atomic E-state index is -0.421. The van der Waals surface area contributed by atoms with Gasteiger partial charge in [-0.3, -0.25) is 4.79 Å². The van der Waals surface area contributed by atoms with Crippen LogP contribution in [0.25, 0.3) is 0 Å². The number of fused-ring (bicyclic) bond motifs is 5. The molecule has 0 aromatic heterocycles. The standard InChI is InChI=1S/C27H32NO3.BrH/c1-19(2)8-7-15-28-16-13-20(14-17-28)25(18-28)31-27(29)26-21-9-3-5-11-23(21)30-24-12-6-4-10-22(24)26;/h3-6,8-12,20,25-26H,7,13-18H2,1-2H3;1H/q+1;/p-1/t20?,25-,28?;/m0./s1. The molecule has 2 aromatic carbocycles. The molecule has 4 aliphatic heterocycles. The minimum absolute atomic E-state index is 0. The molecule has 0 saturated carbocycles. The smallest absolute Gasteiger partial charge is 0.318 e. The third kappa shape index (κ3) is 4.38. The Morgan fingerprint density at radius 1 is 1.03 bits per heavy atom. The van der Waals surface area contributed by atoms with Gasteiger partial charge in [0.05, 0.1) is 19.6 Å². The SMILES string of the molecule is CC(C)=CCC[N+]12CCC(CC1)[C@@H](OC(=O)C1c3ccccc3Oc3ccccc31)C2.[Br-]. The lowest BCUT2D eigenvalue weighted by atomic mass is 9.82. The zero-order chi connectivity index (χ0) is 21.4. The van der Waals surface area contributed by atoms with Crippen LogP contribution in [0.1, 0.15) is 50.2 Å². The van der Waals surface area contributed by atoms with Crippen LogP contribution in [-0.2, 0) is 9.53 Å². The van der Waals surface area contributed by atoms with Crippen LogP contribution in [-0.4, -0.2) is 42.7 Å². The van der Waals surface area contributed by atoms with Crippen molar-refractivity contribution in [3.8, 4) is 11.5 Å². The number of nitrogens with zero attached hydrogens (tertiary/aromatic N) is 1. The van der Waals surface area contributed by atoms with Crippen LogP contribution in [0.5, 0.6) is 11.5 Å². The molecule has 0 aliphatic carbocycles. The van der Waals surface area contributed by atoms with E-state index >= 15 is 0 Å². The third-order valence-electron chi connectivity index (χ3n) is 7.38. The van der Waals surface area contributed by atoms with Gasteiger partial charge in [0.15, 0.2) is 6.10 Å². The van der Waals surface area contributed by atoms with Crippen molar-refractivity contribution in [2.75, 3.05) is 26.2 Å². The zero-order valence-corrected chi connectivity index (χ0v) is 20.5. The Balaban J connectivity index is 0.00000245. The average Bonchev–Trinajstić information content (AvgIpc) is 2.77. The molecule has 32 heavy (non-hydrogen) atoms. The van der Waals surface area contributed by atoms with Crippen molar-refractivity contribution in [2.24, 2.45) is 5.92 Å². The van der Waals surface area contributed by atoms with E-state index in [4.69, 9.17) is 9.47 Å². The van der Waals surface area contributed by atoms with E-state index in [9.17, 15) is 4.79 Å². The highest BCUT2D eigenvalue weighted by Crippen LogP contribution is 2.45. The number of halogens is 1. The molecule has 2 bridgehead atoms. The number of esters is 1. The first-order valence-corrected chi connectivity index (χ1v) is 11.6. The van der Waals surface area contributed by atoms with E-state index in [-0.39, 0.29) is 29.1 Å².